The molecule has 1 heterocycles. The highest BCUT2D eigenvalue weighted by atomic mass is 16.1. The van der Waals surface area contributed by atoms with Gasteiger partial charge >= 0.3 is 0 Å². The lowest BCUT2D eigenvalue weighted by atomic mass is 9.98. The number of amides is 1. The van der Waals surface area contributed by atoms with Crippen LogP contribution in [-0.4, -0.2) is 23.9 Å². The fraction of sp³-hybridized carbons (Fsp3) is 0.526. The van der Waals surface area contributed by atoms with Crippen LogP contribution in [0.5, 0.6) is 0 Å². The van der Waals surface area contributed by atoms with E-state index < -0.39 is 0 Å². The SMILES string of the molecule is Cc1ccc2c(c1C)C(N1CCCC1)=C(NC(=O)C(C)C)C2. The molecule has 3 heteroatoms. The molecule has 1 saturated heterocycles. The molecule has 0 saturated carbocycles. The largest absolute Gasteiger partial charge is 0.370 e. The maximum Gasteiger partial charge on any atom is 0.226 e. The van der Waals surface area contributed by atoms with Crippen molar-refractivity contribution >= 4 is 11.6 Å². The second-order valence-corrected chi connectivity index (χ2v) is 6.88. The van der Waals surface area contributed by atoms with Crippen LogP contribution in [0.2, 0.25) is 0 Å². The average molecular weight is 298 g/mol. The highest BCUT2D eigenvalue weighted by Crippen LogP contribution is 2.38. The number of allylic oxidation sites excluding steroid dienone is 1. The van der Waals surface area contributed by atoms with E-state index in [9.17, 15) is 4.79 Å². The number of carbonyl (C=O) groups is 1. The Hall–Kier alpha value is -1.77. The molecule has 0 bridgehead atoms. The lowest BCUT2D eigenvalue weighted by Crippen LogP contribution is -2.30. The summed E-state index contributed by atoms with van der Waals surface area (Å²) in [5.74, 6) is 0.132. The zero-order chi connectivity index (χ0) is 15.9. The van der Waals surface area contributed by atoms with Crippen LogP contribution in [0.1, 0.15) is 48.9 Å². The summed E-state index contributed by atoms with van der Waals surface area (Å²) < 4.78 is 0. The number of carbonyl (C=O) groups excluding carboxylic acids is 1. The van der Waals surface area contributed by atoms with Crippen molar-refractivity contribution in [1.82, 2.24) is 10.2 Å². The topological polar surface area (TPSA) is 32.3 Å². The van der Waals surface area contributed by atoms with Crippen LogP contribution in [0.15, 0.2) is 17.8 Å². The second kappa shape index (κ2) is 5.79. The van der Waals surface area contributed by atoms with Gasteiger partial charge in [-0.15, -0.1) is 0 Å². The molecule has 0 spiro atoms. The number of likely N-dealkylation sites (tertiary alicyclic amines) is 1. The van der Waals surface area contributed by atoms with Crippen LogP contribution in [-0.2, 0) is 11.2 Å². The Morgan fingerprint density at radius 3 is 2.50 bits per heavy atom. The van der Waals surface area contributed by atoms with Crippen molar-refractivity contribution in [2.45, 2.75) is 47.0 Å². The maximum atomic E-state index is 12.2. The van der Waals surface area contributed by atoms with E-state index in [1.165, 1.54) is 40.8 Å². The predicted octanol–water partition coefficient (Wildman–Crippen LogP) is 3.40. The number of benzene rings is 1. The smallest absolute Gasteiger partial charge is 0.226 e. The van der Waals surface area contributed by atoms with Crippen molar-refractivity contribution in [2.75, 3.05) is 13.1 Å². The molecule has 1 fully saturated rings. The minimum absolute atomic E-state index is 0.0128. The van der Waals surface area contributed by atoms with Crippen molar-refractivity contribution in [2.24, 2.45) is 5.92 Å². The summed E-state index contributed by atoms with van der Waals surface area (Å²) >= 11 is 0. The van der Waals surface area contributed by atoms with Crippen molar-refractivity contribution in [3.63, 3.8) is 0 Å². The molecule has 2 aliphatic rings. The molecule has 0 unspecified atom stereocenters. The van der Waals surface area contributed by atoms with Crippen LogP contribution >= 0.6 is 0 Å². The summed E-state index contributed by atoms with van der Waals surface area (Å²) in [7, 11) is 0. The normalized spacial score (nSPS) is 17.4. The van der Waals surface area contributed by atoms with E-state index in [1.807, 2.05) is 13.8 Å². The fourth-order valence-corrected chi connectivity index (χ4v) is 3.46. The van der Waals surface area contributed by atoms with Crippen LogP contribution in [0.25, 0.3) is 5.70 Å². The first kappa shape index (κ1) is 15.1. The Morgan fingerprint density at radius 2 is 1.86 bits per heavy atom. The number of nitrogens with zero attached hydrogens (tertiary/aromatic N) is 1. The van der Waals surface area contributed by atoms with E-state index in [0.29, 0.717) is 0 Å². The predicted molar refractivity (Wildman–Crippen MR) is 90.3 cm³/mol. The number of rotatable bonds is 3. The molecule has 3 nitrogen and oxygen atoms in total. The Labute approximate surface area is 133 Å². The molecule has 1 N–H and O–H groups in total. The van der Waals surface area contributed by atoms with E-state index >= 15 is 0 Å². The van der Waals surface area contributed by atoms with Crippen molar-refractivity contribution in [3.8, 4) is 0 Å². The van der Waals surface area contributed by atoms with Gasteiger partial charge in [-0.25, -0.2) is 0 Å². The maximum absolute atomic E-state index is 12.2. The zero-order valence-corrected chi connectivity index (χ0v) is 14.1. The fourth-order valence-electron chi connectivity index (χ4n) is 3.46. The minimum Gasteiger partial charge on any atom is -0.370 e. The summed E-state index contributed by atoms with van der Waals surface area (Å²) in [4.78, 5) is 14.7. The highest BCUT2D eigenvalue weighted by molar-refractivity contribution is 5.85. The summed E-state index contributed by atoms with van der Waals surface area (Å²) in [6.07, 6.45) is 3.34. The third-order valence-electron chi connectivity index (χ3n) is 4.93. The van der Waals surface area contributed by atoms with Gasteiger partial charge in [-0.05, 0) is 43.4 Å². The first-order valence-corrected chi connectivity index (χ1v) is 8.37. The molecule has 0 radical (unpaired) electrons. The number of hydrogen-bond acceptors (Lipinski definition) is 2. The van der Waals surface area contributed by atoms with Crippen LogP contribution in [0.3, 0.4) is 0 Å². The molecule has 1 aliphatic carbocycles. The van der Waals surface area contributed by atoms with E-state index in [1.54, 1.807) is 0 Å². The molecule has 1 amide bonds. The molecule has 1 aliphatic heterocycles. The van der Waals surface area contributed by atoms with Crippen LogP contribution < -0.4 is 5.32 Å². The van der Waals surface area contributed by atoms with Gasteiger partial charge in [-0.2, -0.15) is 0 Å². The quantitative estimate of drug-likeness (QED) is 0.927. The van der Waals surface area contributed by atoms with E-state index in [-0.39, 0.29) is 11.8 Å². The Balaban J connectivity index is 2.05. The van der Waals surface area contributed by atoms with E-state index in [0.717, 1.165) is 25.2 Å². The Morgan fingerprint density at radius 1 is 1.18 bits per heavy atom. The van der Waals surface area contributed by atoms with Crippen molar-refractivity contribution in [3.05, 3.63) is 40.1 Å². The summed E-state index contributed by atoms with van der Waals surface area (Å²) in [6.45, 7) is 10.5. The molecule has 118 valence electrons. The number of nitrogens with one attached hydrogen (secondary N) is 1. The number of aryl methyl sites for hydroxylation is 1. The van der Waals surface area contributed by atoms with Crippen molar-refractivity contribution in [1.29, 1.82) is 0 Å². The van der Waals surface area contributed by atoms with Gasteiger partial charge in [0, 0.05) is 36.7 Å². The van der Waals surface area contributed by atoms with Gasteiger partial charge in [0.25, 0.3) is 0 Å². The van der Waals surface area contributed by atoms with Gasteiger partial charge < -0.3 is 10.2 Å². The molecule has 22 heavy (non-hydrogen) atoms. The molecule has 0 aromatic heterocycles. The molecule has 3 rings (SSSR count). The summed E-state index contributed by atoms with van der Waals surface area (Å²) in [5.41, 5.74) is 7.78. The molecular weight excluding hydrogens is 272 g/mol. The van der Waals surface area contributed by atoms with Crippen molar-refractivity contribution < 1.29 is 4.79 Å². The number of hydrogen-bond donors (Lipinski definition) is 1. The lowest BCUT2D eigenvalue weighted by Gasteiger charge is -2.24. The van der Waals surface area contributed by atoms with E-state index in [2.05, 4.69) is 36.2 Å². The Kier molecular flexibility index (Phi) is 3.98. The second-order valence-electron chi connectivity index (χ2n) is 6.88. The summed E-state index contributed by atoms with van der Waals surface area (Å²) in [6, 6.07) is 4.42. The minimum atomic E-state index is 0.0128. The van der Waals surface area contributed by atoms with Crippen LogP contribution in [0.4, 0.5) is 0 Å². The van der Waals surface area contributed by atoms with Gasteiger partial charge in [0.15, 0.2) is 0 Å². The van der Waals surface area contributed by atoms with Gasteiger partial charge in [0.1, 0.15) is 0 Å². The van der Waals surface area contributed by atoms with E-state index in [4.69, 9.17) is 0 Å². The molecule has 0 atom stereocenters. The molecule has 1 aromatic carbocycles. The number of fused-ring (bicyclic) bond motifs is 1. The Bertz CT molecular complexity index is 637. The lowest BCUT2D eigenvalue weighted by molar-refractivity contribution is -0.123. The molecular formula is C19H26N2O. The van der Waals surface area contributed by atoms with Crippen LogP contribution in [0, 0.1) is 19.8 Å². The highest BCUT2D eigenvalue weighted by Gasteiger charge is 2.30. The average Bonchev–Trinajstić information content (AvgIpc) is 3.09. The third kappa shape index (κ3) is 2.53. The molecule has 1 aromatic rings. The van der Waals surface area contributed by atoms with Gasteiger partial charge in [-0.1, -0.05) is 26.0 Å². The van der Waals surface area contributed by atoms with Gasteiger partial charge in [0.05, 0.1) is 5.70 Å². The van der Waals surface area contributed by atoms with Gasteiger partial charge in [0.2, 0.25) is 5.91 Å². The summed E-state index contributed by atoms with van der Waals surface area (Å²) in [5, 5.41) is 3.20. The third-order valence-corrected chi connectivity index (χ3v) is 4.93. The zero-order valence-electron chi connectivity index (χ0n) is 14.1. The first-order chi connectivity index (χ1) is 10.5. The van der Waals surface area contributed by atoms with Gasteiger partial charge in [-0.3, -0.25) is 4.79 Å². The standard InChI is InChI=1S/C19H26N2O/c1-12(2)19(22)20-16-11-15-8-7-13(3)14(4)17(15)18(16)21-9-5-6-10-21/h7-8,12H,5-6,9-11H2,1-4H3,(H,20,22). The monoisotopic (exact) mass is 298 g/mol. The first-order valence-electron chi connectivity index (χ1n) is 8.37.